The van der Waals surface area contributed by atoms with Crippen LogP contribution in [0.3, 0.4) is 0 Å². The van der Waals surface area contributed by atoms with Gasteiger partial charge in [-0.2, -0.15) is 11.4 Å². The summed E-state index contributed by atoms with van der Waals surface area (Å²) in [5.41, 5.74) is 2.23. The smallest absolute Gasteiger partial charge is 0.243 e. The van der Waals surface area contributed by atoms with E-state index in [1.165, 1.54) is 6.39 Å². The topological polar surface area (TPSA) is 50.3 Å². The molecule has 1 atom stereocenters. The molecule has 1 unspecified atom stereocenters. The predicted octanol–water partition coefficient (Wildman–Crippen LogP) is -3.07. The molecule has 1 saturated heterocycles. The van der Waals surface area contributed by atoms with Crippen LogP contribution < -0.4 is 0 Å². The molecule has 1 fully saturated rings. The van der Waals surface area contributed by atoms with E-state index in [1.807, 2.05) is 31.3 Å². The van der Waals surface area contributed by atoms with E-state index >= 15 is 0 Å². The van der Waals surface area contributed by atoms with Gasteiger partial charge in [-0.1, -0.05) is 45.7 Å². The Balaban J connectivity index is 0.000000365. The van der Waals surface area contributed by atoms with Gasteiger partial charge in [-0.05, 0) is 64.1 Å². The number of aromatic nitrogens is 1. The third-order valence-corrected chi connectivity index (χ3v) is 6.88. The molecule has 33 heavy (non-hydrogen) atoms. The van der Waals surface area contributed by atoms with E-state index in [2.05, 4.69) is 18.1 Å². The lowest BCUT2D eigenvalue weighted by Gasteiger charge is -2.34. The van der Waals surface area contributed by atoms with Gasteiger partial charge >= 0.3 is 0 Å². The summed E-state index contributed by atoms with van der Waals surface area (Å²) >= 11 is 0. The molecule has 3 rings (SSSR count). The Morgan fingerprint density at radius 2 is 1.88 bits per heavy atom. The van der Waals surface area contributed by atoms with Crippen LogP contribution in [0, 0.1) is 6.92 Å². The molecule has 0 spiro atoms. The number of rotatable bonds is 8. The van der Waals surface area contributed by atoms with Crippen LogP contribution in [-0.2, 0) is 16.4 Å². The molecular formula is C19H36B9N2O2S-4. The molecule has 0 amide bonds. The largest absolute Gasteiger partial charge is 0.267 e. The Bertz CT molecular complexity index is 926. The maximum Gasteiger partial charge on any atom is 0.243 e. The van der Waals surface area contributed by atoms with Gasteiger partial charge < -0.3 is 0 Å². The summed E-state index contributed by atoms with van der Waals surface area (Å²) in [4.78, 5) is 4.54. The Morgan fingerprint density at radius 3 is 2.39 bits per heavy atom. The number of piperidine rings is 1. The first-order chi connectivity index (χ1) is 15.7. The highest BCUT2D eigenvalue weighted by molar-refractivity contribution is 7.93. The molecule has 1 aliphatic rings. The summed E-state index contributed by atoms with van der Waals surface area (Å²) in [6.45, 7) is 2.59. The van der Waals surface area contributed by atoms with Gasteiger partial charge in [-0.25, -0.2) is 8.42 Å². The Hall–Kier alpha value is -1.14. The number of pyridine rings is 1. The molecule has 0 saturated carbocycles. The summed E-state index contributed by atoms with van der Waals surface area (Å²) in [6.07, 6.45) is 11.4. The quantitative estimate of drug-likeness (QED) is 0.399. The van der Waals surface area contributed by atoms with Crippen molar-refractivity contribution in [3.8, 4) is 0 Å². The summed E-state index contributed by atoms with van der Waals surface area (Å²) in [5, 5.41) is 0. The van der Waals surface area contributed by atoms with E-state index in [-0.39, 0.29) is 6.04 Å². The van der Waals surface area contributed by atoms with Crippen LogP contribution in [-0.4, -0.2) is 95.2 Å². The minimum atomic E-state index is -3.41. The lowest BCUT2D eigenvalue weighted by molar-refractivity contribution is 0.241. The van der Waals surface area contributed by atoms with Crippen molar-refractivity contribution in [2.24, 2.45) is 0 Å². The molecule has 0 bridgehead atoms. The summed E-state index contributed by atoms with van der Waals surface area (Å²) in [5.74, 6) is 0. The molecule has 1 aromatic heterocycles. The Morgan fingerprint density at radius 1 is 1.18 bits per heavy atom. The predicted molar refractivity (Wildman–Crippen MR) is 164 cm³/mol. The van der Waals surface area contributed by atoms with E-state index < -0.39 is 10.0 Å². The third-order valence-electron chi connectivity index (χ3n) is 4.91. The highest BCUT2D eigenvalue weighted by Gasteiger charge is 2.33. The highest BCUT2D eigenvalue weighted by Crippen LogP contribution is 2.28. The van der Waals surface area contributed by atoms with E-state index in [9.17, 15) is 8.42 Å². The molecule has 3 radical (unpaired) electrons. The fourth-order valence-corrected chi connectivity index (χ4v) is 5.03. The molecule has 2 heterocycles. The minimum Gasteiger partial charge on any atom is -0.267 e. The first-order valence-electron chi connectivity index (χ1n) is 9.88. The van der Waals surface area contributed by atoms with Crippen LogP contribution in [0.4, 0.5) is 0 Å². The number of aryl methyl sites for hydroxylation is 2. The maximum atomic E-state index is 13.0. The number of hydrogen-bond donors (Lipinski definition) is 0. The molecule has 2 aromatic rings. The zero-order chi connectivity index (χ0) is 24.4. The van der Waals surface area contributed by atoms with Crippen molar-refractivity contribution in [3.05, 3.63) is 59.9 Å². The van der Waals surface area contributed by atoms with Crippen LogP contribution in [0.1, 0.15) is 36.8 Å². The van der Waals surface area contributed by atoms with E-state index in [0.29, 0.717) is 42.4 Å². The SMILES string of the molecule is Cc1ccc(S(=O)(=O)N2CCCCC2CCc2cccnc2)cc1.[B]B([BH3-])B([B][BH3-])B([BH3-])[BH3-]. The first-order valence-corrected chi connectivity index (χ1v) is 11.3. The number of sulfonamides is 1. The molecule has 0 N–H and O–H groups in total. The monoisotopic (exact) mass is 455 g/mol. The van der Waals surface area contributed by atoms with Gasteiger partial charge in [0.25, 0.3) is 0 Å². The van der Waals surface area contributed by atoms with Crippen molar-refractivity contribution in [2.75, 3.05) is 6.54 Å². The molecule has 0 aliphatic carbocycles. The Labute approximate surface area is 208 Å². The van der Waals surface area contributed by atoms with Crippen LogP contribution in [0.25, 0.3) is 0 Å². The maximum absolute atomic E-state index is 13.0. The van der Waals surface area contributed by atoms with Crippen molar-refractivity contribution >= 4 is 74.9 Å². The normalized spacial score (nSPS) is 16.3. The van der Waals surface area contributed by atoms with E-state index in [0.717, 1.165) is 56.0 Å². The lowest BCUT2D eigenvalue weighted by Crippen LogP contribution is -2.55. The van der Waals surface area contributed by atoms with E-state index in [1.54, 1.807) is 22.6 Å². The number of hydrogen-bond acceptors (Lipinski definition) is 3. The van der Waals surface area contributed by atoms with Gasteiger partial charge in [0.1, 0.15) is 0 Å². The fraction of sp³-hybridized carbons (Fsp3) is 0.421. The molecular weight excluding hydrogens is 418 g/mol. The second kappa shape index (κ2) is 13.7. The van der Waals surface area contributed by atoms with Crippen LogP contribution >= 0.6 is 0 Å². The van der Waals surface area contributed by atoms with Gasteiger partial charge in [0, 0.05) is 25.0 Å². The molecule has 1 aromatic carbocycles. The van der Waals surface area contributed by atoms with Crippen LogP contribution in [0.2, 0.25) is 0 Å². The fourth-order valence-electron chi connectivity index (χ4n) is 3.30. The average molecular weight is 454 g/mol. The van der Waals surface area contributed by atoms with Crippen molar-refractivity contribution < 1.29 is 8.42 Å². The lowest BCUT2D eigenvalue weighted by atomic mass is 8.64. The molecule has 1 aliphatic heterocycles. The summed E-state index contributed by atoms with van der Waals surface area (Å²) in [7, 11) is 7.53. The number of nitrogens with zero attached hydrogens (tertiary/aromatic N) is 2. The molecule has 14 heteroatoms. The standard InChI is InChI=1S/C19H24N2O2S.B9H12/c1-16-7-11-19(12-8-16)24(22,23)21-14-3-2-6-18(21)10-9-17-5-4-13-20-15-17;1-6-9(7(2)3)8(4)5/h4-5,7-8,11-13,15,18H,2-3,6,9-10,14H2,1H3;1-4H3/q;-4. The highest BCUT2D eigenvalue weighted by atomic mass is 32.2. The van der Waals surface area contributed by atoms with E-state index in [4.69, 9.17) is 7.74 Å². The van der Waals surface area contributed by atoms with Gasteiger partial charge in [0.2, 0.25) is 10.0 Å². The van der Waals surface area contributed by atoms with Crippen LogP contribution in [0.5, 0.6) is 0 Å². The van der Waals surface area contributed by atoms with Gasteiger partial charge in [0.05, 0.1) is 4.90 Å². The van der Waals surface area contributed by atoms with Crippen LogP contribution in [0.15, 0.2) is 53.7 Å². The first kappa shape index (κ1) is 28.1. The van der Waals surface area contributed by atoms with Gasteiger partial charge in [0.15, 0.2) is 0 Å². The van der Waals surface area contributed by atoms with Gasteiger partial charge in [-0.15, -0.1) is 28.2 Å². The van der Waals surface area contributed by atoms with Crippen molar-refractivity contribution in [3.63, 3.8) is 0 Å². The summed E-state index contributed by atoms with van der Waals surface area (Å²) < 4.78 is 27.8. The zero-order valence-corrected chi connectivity index (χ0v) is 17.8. The number of benzene rings is 1. The minimum absolute atomic E-state index is 0.0743. The van der Waals surface area contributed by atoms with Crippen molar-refractivity contribution in [1.82, 2.24) is 9.29 Å². The Kier molecular flexibility index (Phi) is 11.6. The zero-order valence-electron chi connectivity index (χ0n) is 16.9. The van der Waals surface area contributed by atoms with Gasteiger partial charge in [-0.3, -0.25) is 11.4 Å². The second-order valence-electron chi connectivity index (χ2n) is 7.25. The second-order valence-corrected chi connectivity index (χ2v) is 9.14. The van der Waals surface area contributed by atoms with Crippen molar-refractivity contribution in [1.29, 1.82) is 0 Å². The van der Waals surface area contributed by atoms with Crippen molar-refractivity contribution in [2.45, 2.75) is 50.0 Å². The third kappa shape index (κ3) is 8.54. The summed E-state index contributed by atoms with van der Waals surface area (Å²) in [6, 6.07) is 11.2. The molecule has 4 nitrogen and oxygen atoms in total. The molecule has 171 valence electrons. The average Bonchev–Trinajstić information content (AvgIpc) is 2.79.